The molecule has 2 aromatic rings. The molecule has 1 unspecified atom stereocenters. The van der Waals surface area contributed by atoms with Crippen molar-refractivity contribution in [2.75, 3.05) is 6.54 Å². The molecule has 3 rings (SSSR count). The molecule has 6 nitrogen and oxygen atoms in total. The number of rotatable bonds is 2. The maximum atomic E-state index is 12.8. The predicted molar refractivity (Wildman–Crippen MR) is 82.4 cm³/mol. The van der Waals surface area contributed by atoms with Gasteiger partial charge >= 0.3 is 0 Å². The number of pyridine rings is 1. The minimum Gasteiger partial charge on any atom is -0.329 e. The SMILES string of the molecule is Cn1cc(C2N(C(=O)c3cccc(=O)n3C)CC2(C)C)cn1. The summed E-state index contributed by atoms with van der Waals surface area (Å²) in [5.74, 6) is -0.117. The van der Waals surface area contributed by atoms with Crippen molar-refractivity contribution in [3.05, 3.63) is 52.2 Å². The smallest absolute Gasteiger partial charge is 0.271 e. The first kappa shape index (κ1) is 14.6. The number of hydrogen-bond acceptors (Lipinski definition) is 3. The zero-order valence-electron chi connectivity index (χ0n) is 13.3. The van der Waals surface area contributed by atoms with Crippen LogP contribution in [0.25, 0.3) is 0 Å². The van der Waals surface area contributed by atoms with Gasteiger partial charge in [-0.1, -0.05) is 19.9 Å². The molecule has 22 heavy (non-hydrogen) atoms. The second kappa shape index (κ2) is 4.83. The maximum absolute atomic E-state index is 12.8. The van der Waals surface area contributed by atoms with Crippen LogP contribution in [0.3, 0.4) is 0 Å². The van der Waals surface area contributed by atoms with Crippen LogP contribution < -0.4 is 5.56 Å². The van der Waals surface area contributed by atoms with Crippen LogP contribution in [0.4, 0.5) is 0 Å². The monoisotopic (exact) mass is 300 g/mol. The van der Waals surface area contributed by atoms with Crippen LogP contribution in [0.5, 0.6) is 0 Å². The fraction of sp³-hybridized carbons (Fsp3) is 0.438. The summed E-state index contributed by atoms with van der Waals surface area (Å²) in [5, 5.41) is 4.21. The summed E-state index contributed by atoms with van der Waals surface area (Å²) in [5.41, 5.74) is 1.25. The van der Waals surface area contributed by atoms with E-state index in [0.29, 0.717) is 12.2 Å². The average molecular weight is 300 g/mol. The summed E-state index contributed by atoms with van der Waals surface area (Å²) < 4.78 is 3.14. The lowest BCUT2D eigenvalue weighted by atomic mass is 9.72. The first-order chi connectivity index (χ1) is 10.3. The Hall–Kier alpha value is -2.37. The van der Waals surface area contributed by atoms with E-state index < -0.39 is 0 Å². The molecule has 0 saturated carbocycles. The van der Waals surface area contributed by atoms with Crippen molar-refractivity contribution < 1.29 is 4.79 Å². The molecule has 6 heteroatoms. The molecule has 1 atom stereocenters. The summed E-state index contributed by atoms with van der Waals surface area (Å²) in [7, 11) is 3.49. The van der Waals surface area contributed by atoms with Crippen LogP contribution in [0.1, 0.15) is 35.9 Å². The lowest BCUT2D eigenvalue weighted by Gasteiger charge is -2.54. The third-order valence-corrected chi connectivity index (χ3v) is 4.34. The highest BCUT2D eigenvalue weighted by molar-refractivity contribution is 5.93. The van der Waals surface area contributed by atoms with Gasteiger partial charge in [-0.05, 0) is 6.07 Å². The molecule has 0 radical (unpaired) electrons. The lowest BCUT2D eigenvalue weighted by molar-refractivity contribution is -0.0329. The van der Waals surface area contributed by atoms with Gasteiger partial charge in [-0.2, -0.15) is 5.10 Å². The van der Waals surface area contributed by atoms with Crippen molar-refractivity contribution in [1.82, 2.24) is 19.2 Å². The van der Waals surface area contributed by atoms with E-state index in [1.54, 1.807) is 30.1 Å². The molecule has 3 heterocycles. The van der Waals surface area contributed by atoms with Crippen LogP contribution in [-0.4, -0.2) is 31.7 Å². The summed E-state index contributed by atoms with van der Waals surface area (Å²) >= 11 is 0. The molecule has 2 aromatic heterocycles. The maximum Gasteiger partial charge on any atom is 0.271 e. The van der Waals surface area contributed by atoms with Gasteiger partial charge in [-0.25, -0.2) is 0 Å². The lowest BCUT2D eigenvalue weighted by Crippen LogP contribution is -2.58. The van der Waals surface area contributed by atoms with E-state index in [0.717, 1.165) is 5.56 Å². The highest BCUT2D eigenvalue weighted by Crippen LogP contribution is 2.48. The number of carbonyl (C=O) groups is 1. The van der Waals surface area contributed by atoms with E-state index >= 15 is 0 Å². The molecule has 1 saturated heterocycles. The number of likely N-dealkylation sites (tertiary alicyclic amines) is 1. The Kier molecular flexibility index (Phi) is 3.20. The van der Waals surface area contributed by atoms with Gasteiger partial charge in [-0.15, -0.1) is 0 Å². The van der Waals surface area contributed by atoms with E-state index in [9.17, 15) is 9.59 Å². The van der Waals surface area contributed by atoms with Crippen molar-refractivity contribution in [2.24, 2.45) is 19.5 Å². The Balaban J connectivity index is 1.96. The van der Waals surface area contributed by atoms with Crippen LogP contribution >= 0.6 is 0 Å². The van der Waals surface area contributed by atoms with Gasteiger partial charge in [0.2, 0.25) is 0 Å². The molecule has 1 aliphatic rings. The highest BCUT2D eigenvalue weighted by Gasteiger charge is 2.49. The molecular formula is C16H20N4O2. The molecule has 0 N–H and O–H groups in total. The molecule has 1 amide bonds. The van der Waals surface area contributed by atoms with Gasteiger partial charge < -0.3 is 9.47 Å². The Bertz CT molecular complexity index is 787. The molecule has 0 aromatic carbocycles. The van der Waals surface area contributed by atoms with E-state index in [-0.39, 0.29) is 22.9 Å². The molecule has 0 aliphatic carbocycles. The van der Waals surface area contributed by atoms with Gasteiger partial charge in [0, 0.05) is 43.9 Å². The molecule has 1 aliphatic heterocycles. The number of nitrogens with zero attached hydrogens (tertiary/aromatic N) is 4. The first-order valence-corrected chi connectivity index (χ1v) is 7.27. The minimum atomic E-state index is -0.177. The third kappa shape index (κ3) is 2.15. The minimum absolute atomic E-state index is 0.00760. The number of aryl methyl sites for hydroxylation is 1. The number of aromatic nitrogens is 3. The van der Waals surface area contributed by atoms with Crippen LogP contribution in [0, 0.1) is 5.41 Å². The Morgan fingerprint density at radius 2 is 2.05 bits per heavy atom. The topological polar surface area (TPSA) is 60.1 Å². The second-order valence-corrected chi connectivity index (χ2v) is 6.58. The molecular weight excluding hydrogens is 280 g/mol. The van der Waals surface area contributed by atoms with Crippen molar-refractivity contribution in [1.29, 1.82) is 0 Å². The van der Waals surface area contributed by atoms with Crippen molar-refractivity contribution in [3.8, 4) is 0 Å². The fourth-order valence-electron chi connectivity index (χ4n) is 3.25. The average Bonchev–Trinajstić information content (AvgIpc) is 2.84. The van der Waals surface area contributed by atoms with Gasteiger partial charge in [0.25, 0.3) is 11.5 Å². The van der Waals surface area contributed by atoms with Crippen molar-refractivity contribution >= 4 is 5.91 Å². The van der Waals surface area contributed by atoms with E-state index in [2.05, 4.69) is 18.9 Å². The van der Waals surface area contributed by atoms with E-state index in [4.69, 9.17) is 0 Å². The highest BCUT2D eigenvalue weighted by atomic mass is 16.2. The van der Waals surface area contributed by atoms with Gasteiger partial charge in [0.05, 0.1) is 12.2 Å². The largest absolute Gasteiger partial charge is 0.329 e. The van der Waals surface area contributed by atoms with Crippen LogP contribution in [-0.2, 0) is 14.1 Å². The normalized spacial score (nSPS) is 19.8. The predicted octanol–water partition coefficient (Wildman–Crippen LogP) is 1.34. The third-order valence-electron chi connectivity index (χ3n) is 4.34. The molecule has 116 valence electrons. The number of carbonyl (C=O) groups excluding carboxylic acids is 1. The van der Waals surface area contributed by atoms with Gasteiger partial charge in [-0.3, -0.25) is 14.3 Å². The molecule has 0 bridgehead atoms. The van der Waals surface area contributed by atoms with Crippen LogP contribution in [0.15, 0.2) is 35.4 Å². The zero-order chi connectivity index (χ0) is 16.1. The van der Waals surface area contributed by atoms with Crippen molar-refractivity contribution in [2.45, 2.75) is 19.9 Å². The quantitative estimate of drug-likeness (QED) is 0.841. The first-order valence-electron chi connectivity index (χ1n) is 7.27. The fourth-order valence-corrected chi connectivity index (χ4v) is 3.25. The van der Waals surface area contributed by atoms with Crippen molar-refractivity contribution in [3.63, 3.8) is 0 Å². The van der Waals surface area contributed by atoms with E-state index in [1.807, 2.05) is 18.1 Å². The van der Waals surface area contributed by atoms with Gasteiger partial charge in [0.1, 0.15) is 5.69 Å². The standard InChI is InChI=1S/C16H20N4O2/c1-16(2)10-20(14(16)11-8-17-18(3)9-11)15(22)12-6-5-7-13(21)19(12)4/h5-9,14H,10H2,1-4H3. The molecule has 1 fully saturated rings. The van der Waals surface area contributed by atoms with E-state index in [1.165, 1.54) is 10.6 Å². The Labute approximate surface area is 129 Å². The summed E-state index contributed by atoms with van der Waals surface area (Å²) in [6.07, 6.45) is 3.74. The Morgan fingerprint density at radius 1 is 1.32 bits per heavy atom. The Morgan fingerprint density at radius 3 is 2.64 bits per heavy atom. The zero-order valence-corrected chi connectivity index (χ0v) is 13.3. The van der Waals surface area contributed by atoms with Gasteiger partial charge in [0.15, 0.2) is 0 Å². The summed E-state index contributed by atoms with van der Waals surface area (Å²) in [4.78, 5) is 26.4. The summed E-state index contributed by atoms with van der Waals surface area (Å²) in [6.45, 7) is 4.94. The second-order valence-electron chi connectivity index (χ2n) is 6.58. The number of hydrogen-bond donors (Lipinski definition) is 0. The number of amides is 1. The van der Waals surface area contributed by atoms with Crippen LogP contribution in [0.2, 0.25) is 0 Å². The molecule has 0 spiro atoms. The summed E-state index contributed by atoms with van der Waals surface area (Å²) in [6, 6.07) is 4.74.